The lowest BCUT2D eigenvalue weighted by atomic mass is 10.1. The van der Waals surface area contributed by atoms with Crippen molar-refractivity contribution in [2.24, 2.45) is 0 Å². The van der Waals surface area contributed by atoms with Gasteiger partial charge in [-0.05, 0) is 32.4 Å². The number of methoxy groups -OCH3 is 1. The van der Waals surface area contributed by atoms with Gasteiger partial charge in [-0.25, -0.2) is 9.78 Å². The molecule has 19 heavy (non-hydrogen) atoms. The van der Waals surface area contributed by atoms with Gasteiger partial charge in [-0.2, -0.15) is 0 Å². The van der Waals surface area contributed by atoms with Crippen molar-refractivity contribution < 1.29 is 9.53 Å². The Morgan fingerprint density at radius 1 is 1.42 bits per heavy atom. The highest BCUT2D eigenvalue weighted by atomic mass is 16.5. The molecular formula is C15H24N2O2. The average Bonchev–Trinajstić information content (AvgIpc) is 2.38. The summed E-state index contributed by atoms with van der Waals surface area (Å²) in [6.07, 6.45) is 4.86. The zero-order valence-corrected chi connectivity index (χ0v) is 12.3. The molecule has 0 saturated heterocycles. The molecule has 0 amide bonds. The van der Waals surface area contributed by atoms with Gasteiger partial charge >= 0.3 is 5.97 Å². The highest BCUT2D eigenvalue weighted by Gasteiger charge is 2.11. The molecule has 1 rings (SSSR count). The minimum atomic E-state index is -0.340. The quantitative estimate of drug-likeness (QED) is 0.604. The van der Waals surface area contributed by atoms with Crippen molar-refractivity contribution in [1.82, 2.24) is 4.98 Å². The molecule has 1 aromatic rings. The highest BCUT2D eigenvalue weighted by Crippen LogP contribution is 2.14. The molecule has 1 heterocycles. The Balaban J connectivity index is 2.60. The van der Waals surface area contributed by atoms with Crippen LogP contribution in [0.4, 0.5) is 5.82 Å². The molecule has 0 fully saturated rings. The molecule has 1 N–H and O–H groups in total. The summed E-state index contributed by atoms with van der Waals surface area (Å²) < 4.78 is 4.70. The Bertz CT molecular complexity index is 419. The van der Waals surface area contributed by atoms with E-state index in [1.54, 1.807) is 6.07 Å². The fourth-order valence-corrected chi connectivity index (χ4v) is 1.99. The topological polar surface area (TPSA) is 51.2 Å². The van der Waals surface area contributed by atoms with Crippen LogP contribution in [0, 0.1) is 6.92 Å². The third-order valence-electron chi connectivity index (χ3n) is 3.13. The molecule has 1 aromatic heterocycles. The zero-order chi connectivity index (χ0) is 14.3. The lowest BCUT2D eigenvalue weighted by molar-refractivity contribution is 0.0599. The van der Waals surface area contributed by atoms with E-state index in [2.05, 4.69) is 24.1 Å². The van der Waals surface area contributed by atoms with Gasteiger partial charge in [0.15, 0.2) is 0 Å². The lowest BCUT2D eigenvalue weighted by Gasteiger charge is -2.15. The maximum Gasteiger partial charge on any atom is 0.339 e. The van der Waals surface area contributed by atoms with Gasteiger partial charge in [0.1, 0.15) is 5.82 Å². The molecule has 0 aliphatic rings. The fourth-order valence-electron chi connectivity index (χ4n) is 1.99. The number of carbonyl (C=O) groups is 1. The minimum Gasteiger partial charge on any atom is -0.465 e. The average molecular weight is 264 g/mol. The van der Waals surface area contributed by atoms with E-state index in [4.69, 9.17) is 4.74 Å². The van der Waals surface area contributed by atoms with E-state index in [0.29, 0.717) is 17.3 Å². The molecular weight excluding hydrogens is 240 g/mol. The van der Waals surface area contributed by atoms with Gasteiger partial charge in [0.2, 0.25) is 0 Å². The number of anilines is 1. The number of hydrogen-bond donors (Lipinski definition) is 1. The first-order valence-electron chi connectivity index (χ1n) is 6.91. The summed E-state index contributed by atoms with van der Waals surface area (Å²) in [5.41, 5.74) is 1.21. The Morgan fingerprint density at radius 3 is 2.74 bits per heavy atom. The monoisotopic (exact) mass is 264 g/mol. The number of nitrogens with zero attached hydrogens (tertiary/aromatic N) is 1. The van der Waals surface area contributed by atoms with Gasteiger partial charge in [0.25, 0.3) is 0 Å². The number of rotatable bonds is 7. The Hall–Kier alpha value is -1.58. The molecule has 1 unspecified atom stereocenters. The van der Waals surface area contributed by atoms with E-state index in [-0.39, 0.29) is 5.97 Å². The first-order valence-corrected chi connectivity index (χ1v) is 6.91. The van der Waals surface area contributed by atoms with Crippen LogP contribution in [0.25, 0.3) is 0 Å². The van der Waals surface area contributed by atoms with Crippen LogP contribution in [0.1, 0.15) is 55.6 Å². The first kappa shape index (κ1) is 15.5. The largest absolute Gasteiger partial charge is 0.465 e. The molecule has 4 heteroatoms. The number of ether oxygens (including phenoxy) is 1. The molecule has 0 aliphatic heterocycles. The number of nitrogens with one attached hydrogen (secondary N) is 1. The van der Waals surface area contributed by atoms with Crippen LogP contribution < -0.4 is 5.32 Å². The van der Waals surface area contributed by atoms with Crippen LogP contribution in [0.5, 0.6) is 0 Å². The predicted molar refractivity (Wildman–Crippen MR) is 77.5 cm³/mol. The van der Waals surface area contributed by atoms with Gasteiger partial charge in [-0.15, -0.1) is 0 Å². The standard InChI is InChI=1S/C15H24N2O2/c1-5-6-7-8-11(2)16-14-10-9-13(12(3)17-14)15(18)19-4/h9-11H,5-8H2,1-4H3,(H,16,17). The summed E-state index contributed by atoms with van der Waals surface area (Å²) >= 11 is 0. The smallest absolute Gasteiger partial charge is 0.339 e. The number of esters is 1. The van der Waals surface area contributed by atoms with Crippen LogP contribution >= 0.6 is 0 Å². The number of carbonyl (C=O) groups excluding carboxylic acids is 1. The van der Waals surface area contributed by atoms with E-state index in [9.17, 15) is 4.79 Å². The van der Waals surface area contributed by atoms with E-state index in [0.717, 1.165) is 12.2 Å². The highest BCUT2D eigenvalue weighted by molar-refractivity contribution is 5.90. The number of hydrogen-bond acceptors (Lipinski definition) is 4. The number of unbranched alkanes of at least 4 members (excludes halogenated alkanes) is 2. The number of aryl methyl sites for hydroxylation is 1. The van der Waals surface area contributed by atoms with Crippen molar-refractivity contribution in [1.29, 1.82) is 0 Å². The SMILES string of the molecule is CCCCCC(C)Nc1ccc(C(=O)OC)c(C)n1. The van der Waals surface area contributed by atoms with Gasteiger partial charge < -0.3 is 10.1 Å². The summed E-state index contributed by atoms with van der Waals surface area (Å²) in [6, 6.07) is 3.98. The predicted octanol–water partition coefficient (Wildman–Crippen LogP) is 3.56. The van der Waals surface area contributed by atoms with Crippen LogP contribution in [-0.2, 0) is 4.74 Å². The molecule has 4 nitrogen and oxygen atoms in total. The third kappa shape index (κ3) is 4.89. The van der Waals surface area contributed by atoms with Gasteiger partial charge in [-0.3, -0.25) is 0 Å². The van der Waals surface area contributed by atoms with Crippen LogP contribution in [0.3, 0.4) is 0 Å². The van der Waals surface area contributed by atoms with Crippen molar-refractivity contribution in [3.8, 4) is 0 Å². The van der Waals surface area contributed by atoms with Crippen molar-refractivity contribution in [2.75, 3.05) is 12.4 Å². The van der Waals surface area contributed by atoms with Gasteiger partial charge in [0.05, 0.1) is 18.4 Å². The summed E-state index contributed by atoms with van der Waals surface area (Å²) in [4.78, 5) is 15.9. The molecule has 0 radical (unpaired) electrons. The lowest BCUT2D eigenvalue weighted by Crippen LogP contribution is -2.16. The summed E-state index contributed by atoms with van der Waals surface area (Å²) in [6.45, 7) is 6.18. The fraction of sp³-hybridized carbons (Fsp3) is 0.600. The number of pyridine rings is 1. The van der Waals surface area contributed by atoms with Crippen LogP contribution in [0.2, 0.25) is 0 Å². The van der Waals surface area contributed by atoms with Crippen molar-refractivity contribution in [3.63, 3.8) is 0 Å². The molecule has 0 aromatic carbocycles. The van der Waals surface area contributed by atoms with Crippen molar-refractivity contribution in [3.05, 3.63) is 23.4 Å². The second kappa shape index (κ2) is 7.77. The van der Waals surface area contributed by atoms with Crippen molar-refractivity contribution in [2.45, 2.75) is 52.5 Å². The van der Waals surface area contributed by atoms with E-state index >= 15 is 0 Å². The molecule has 106 valence electrons. The Labute approximate surface area is 115 Å². The summed E-state index contributed by atoms with van der Waals surface area (Å²) in [5.74, 6) is 0.474. The van der Waals surface area contributed by atoms with E-state index < -0.39 is 0 Å². The van der Waals surface area contributed by atoms with E-state index in [1.165, 1.54) is 26.4 Å². The molecule has 0 saturated carbocycles. The molecule has 0 bridgehead atoms. The molecule has 0 aliphatic carbocycles. The zero-order valence-electron chi connectivity index (χ0n) is 12.3. The third-order valence-corrected chi connectivity index (χ3v) is 3.13. The summed E-state index contributed by atoms with van der Waals surface area (Å²) in [5, 5.41) is 3.36. The molecule has 0 spiro atoms. The Kier molecular flexibility index (Phi) is 6.33. The van der Waals surface area contributed by atoms with E-state index in [1.807, 2.05) is 13.0 Å². The molecule has 1 atom stereocenters. The maximum absolute atomic E-state index is 11.5. The van der Waals surface area contributed by atoms with Crippen molar-refractivity contribution >= 4 is 11.8 Å². The number of aromatic nitrogens is 1. The maximum atomic E-state index is 11.5. The second-order valence-electron chi connectivity index (χ2n) is 4.86. The first-order chi connectivity index (χ1) is 9.08. The normalized spacial score (nSPS) is 12.0. The Morgan fingerprint density at radius 2 is 2.16 bits per heavy atom. The van der Waals surface area contributed by atoms with Gasteiger partial charge in [-0.1, -0.05) is 26.2 Å². The van der Waals surface area contributed by atoms with Crippen LogP contribution in [0.15, 0.2) is 12.1 Å². The second-order valence-corrected chi connectivity index (χ2v) is 4.86. The summed E-state index contributed by atoms with van der Waals surface area (Å²) in [7, 11) is 1.38. The minimum absolute atomic E-state index is 0.340. The van der Waals surface area contributed by atoms with Crippen LogP contribution in [-0.4, -0.2) is 24.1 Å². The van der Waals surface area contributed by atoms with Gasteiger partial charge in [0, 0.05) is 6.04 Å².